The van der Waals surface area contributed by atoms with Crippen molar-refractivity contribution in [3.8, 4) is 0 Å². The summed E-state index contributed by atoms with van der Waals surface area (Å²) in [6, 6.07) is 0. The van der Waals surface area contributed by atoms with Crippen molar-refractivity contribution in [1.82, 2.24) is 4.90 Å². The molecule has 0 aliphatic heterocycles. The van der Waals surface area contributed by atoms with Gasteiger partial charge in [-0.25, -0.2) is 0 Å². The summed E-state index contributed by atoms with van der Waals surface area (Å²) in [6.45, 7) is 9.01. The Kier molecular flexibility index (Phi) is 3.10. The summed E-state index contributed by atoms with van der Waals surface area (Å²) in [5.41, 5.74) is 0.262. The minimum absolute atomic E-state index is 0.262. The number of nitrogens with zero attached hydrogens (tertiary/aromatic N) is 1. The molecule has 1 heteroatoms. The Bertz CT molecular complexity index is 189. The Morgan fingerprint density at radius 3 is 2.33 bits per heavy atom. The minimum Gasteiger partial charge on any atom is -0.295 e. The van der Waals surface area contributed by atoms with Gasteiger partial charge in [0.25, 0.3) is 0 Å². The third kappa shape index (κ3) is 1.78. The second-order valence-corrected chi connectivity index (χ2v) is 3.52. The largest absolute Gasteiger partial charge is 0.295 e. The van der Waals surface area contributed by atoms with Crippen LogP contribution in [0.1, 0.15) is 27.2 Å². The first-order chi connectivity index (χ1) is 5.73. The third-order valence-electron chi connectivity index (χ3n) is 2.72. The molecular formula is C11H19N. The van der Waals surface area contributed by atoms with E-state index < -0.39 is 0 Å². The fourth-order valence-electron chi connectivity index (χ4n) is 1.90. The maximum absolute atomic E-state index is 2.49. The van der Waals surface area contributed by atoms with Gasteiger partial charge in [0, 0.05) is 5.54 Å². The molecule has 0 aromatic carbocycles. The quantitative estimate of drug-likeness (QED) is 0.621. The summed E-state index contributed by atoms with van der Waals surface area (Å²) in [7, 11) is 0. The molecule has 12 heavy (non-hydrogen) atoms. The van der Waals surface area contributed by atoms with Crippen molar-refractivity contribution in [2.45, 2.75) is 32.7 Å². The highest BCUT2D eigenvalue weighted by molar-refractivity contribution is 5.19. The highest BCUT2D eigenvalue weighted by Gasteiger charge is 2.26. The highest BCUT2D eigenvalue weighted by Crippen LogP contribution is 2.24. The molecule has 0 N–H and O–H groups in total. The van der Waals surface area contributed by atoms with Gasteiger partial charge < -0.3 is 0 Å². The first kappa shape index (κ1) is 9.53. The number of likely N-dealkylation sites (N-methyl/N-ethyl adjacent to an activating group) is 1. The van der Waals surface area contributed by atoms with Gasteiger partial charge in [-0.3, -0.25) is 4.90 Å². The molecule has 1 nitrogen and oxygen atoms in total. The Balaban J connectivity index is 2.69. The molecule has 0 bridgehead atoms. The highest BCUT2D eigenvalue weighted by atomic mass is 15.2. The molecule has 0 spiro atoms. The maximum atomic E-state index is 2.49. The van der Waals surface area contributed by atoms with Gasteiger partial charge in [-0.1, -0.05) is 38.2 Å². The van der Waals surface area contributed by atoms with Gasteiger partial charge in [-0.2, -0.15) is 0 Å². The monoisotopic (exact) mass is 165 g/mol. The average molecular weight is 165 g/mol. The topological polar surface area (TPSA) is 3.24 Å². The van der Waals surface area contributed by atoms with E-state index in [-0.39, 0.29) is 5.54 Å². The van der Waals surface area contributed by atoms with Crippen molar-refractivity contribution >= 4 is 0 Å². The van der Waals surface area contributed by atoms with Gasteiger partial charge >= 0.3 is 0 Å². The zero-order valence-corrected chi connectivity index (χ0v) is 8.38. The predicted molar refractivity (Wildman–Crippen MR) is 54.2 cm³/mol. The van der Waals surface area contributed by atoms with Crippen LogP contribution in [0, 0.1) is 0 Å². The lowest BCUT2D eigenvalue weighted by Crippen LogP contribution is -2.44. The molecule has 1 aliphatic carbocycles. The minimum atomic E-state index is 0.262. The summed E-state index contributed by atoms with van der Waals surface area (Å²) >= 11 is 0. The van der Waals surface area contributed by atoms with Crippen LogP contribution in [0.5, 0.6) is 0 Å². The van der Waals surface area contributed by atoms with Crippen molar-refractivity contribution in [2.24, 2.45) is 0 Å². The van der Waals surface area contributed by atoms with Crippen LogP contribution in [0.3, 0.4) is 0 Å². The zero-order valence-electron chi connectivity index (χ0n) is 8.38. The first-order valence-corrected chi connectivity index (χ1v) is 4.82. The van der Waals surface area contributed by atoms with Crippen LogP contribution in [-0.2, 0) is 0 Å². The first-order valence-electron chi connectivity index (χ1n) is 4.82. The van der Waals surface area contributed by atoms with Gasteiger partial charge in [0.2, 0.25) is 0 Å². The molecule has 0 heterocycles. The van der Waals surface area contributed by atoms with Crippen LogP contribution >= 0.6 is 0 Å². The third-order valence-corrected chi connectivity index (χ3v) is 2.72. The van der Waals surface area contributed by atoms with E-state index in [0.29, 0.717) is 0 Å². The normalized spacial score (nSPS) is 28.3. The van der Waals surface area contributed by atoms with Crippen molar-refractivity contribution in [1.29, 1.82) is 0 Å². The molecule has 0 aromatic rings. The zero-order chi connectivity index (χ0) is 9.03. The second kappa shape index (κ2) is 3.90. The molecular weight excluding hydrogens is 146 g/mol. The SMILES string of the molecule is CCN(CC)C1(C)C=CC=CC1. The van der Waals surface area contributed by atoms with Gasteiger partial charge in [0.05, 0.1) is 0 Å². The van der Waals surface area contributed by atoms with Crippen LogP contribution in [-0.4, -0.2) is 23.5 Å². The van der Waals surface area contributed by atoms with Crippen LogP contribution in [0.15, 0.2) is 24.3 Å². The summed E-state index contributed by atoms with van der Waals surface area (Å²) in [6.07, 6.45) is 9.98. The summed E-state index contributed by atoms with van der Waals surface area (Å²) in [4.78, 5) is 2.49. The van der Waals surface area contributed by atoms with E-state index in [0.717, 1.165) is 19.5 Å². The van der Waals surface area contributed by atoms with Gasteiger partial charge in [0.1, 0.15) is 0 Å². The lowest BCUT2D eigenvalue weighted by atomic mass is 9.91. The Morgan fingerprint density at radius 2 is 1.92 bits per heavy atom. The molecule has 0 amide bonds. The number of allylic oxidation sites excluding steroid dienone is 2. The van der Waals surface area contributed by atoms with Gasteiger partial charge in [-0.15, -0.1) is 0 Å². The van der Waals surface area contributed by atoms with Crippen molar-refractivity contribution in [3.63, 3.8) is 0 Å². The molecule has 0 fully saturated rings. The molecule has 1 unspecified atom stereocenters. The fraction of sp³-hybridized carbons (Fsp3) is 0.636. The smallest absolute Gasteiger partial charge is 0.0400 e. The molecule has 68 valence electrons. The van der Waals surface area contributed by atoms with Gasteiger partial charge in [0.15, 0.2) is 0 Å². The van der Waals surface area contributed by atoms with Crippen molar-refractivity contribution < 1.29 is 0 Å². The van der Waals surface area contributed by atoms with E-state index in [4.69, 9.17) is 0 Å². The number of hydrogen-bond acceptors (Lipinski definition) is 1. The number of hydrogen-bond donors (Lipinski definition) is 0. The fourth-order valence-corrected chi connectivity index (χ4v) is 1.90. The maximum Gasteiger partial charge on any atom is 0.0400 e. The molecule has 1 rings (SSSR count). The molecule has 0 aromatic heterocycles. The Labute approximate surface area is 75.8 Å². The van der Waals surface area contributed by atoms with E-state index in [1.54, 1.807) is 0 Å². The van der Waals surface area contributed by atoms with E-state index >= 15 is 0 Å². The molecule has 1 aliphatic rings. The van der Waals surface area contributed by atoms with Crippen LogP contribution in [0.4, 0.5) is 0 Å². The standard InChI is InChI=1S/C11H19N/c1-4-12(5-2)11(3)9-7-6-8-10-11/h6-9H,4-5,10H2,1-3H3. The molecule has 0 radical (unpaired) electrons. The average Bonchev–Trinajstić information content (AvgIpc) is 2.07. The van der Waals surface area contributed by atoms with E-state index in [9.17, 15) is 0 Å². The van der Waals surface area contributed by atoms with Gasteiger partial charge in [-0.05, 0) is 26.4 Å². The lowest BCUT2D eigenvalue weighted by Gasteiger charge is -2.38. The van der Waals surface area contributed by atoms with E-state index in [2.05, 4.69) is 50.0 Å². The number of rotatable bonds is 3. The van der Waals surface area contributed by atoms with Crippen LogP contribution < -0.4 is 0 Å². The van der Waals surface area contributed by atoms with E-state index in [1.807, 2.05) is 0 Å². The summed E-state index contributed by atoms with van der Waals surface area (Å²) in [5.74, 6) is 0. The lowest BCUT2D eigenvalue weighted by molar-refractivity contribution is 0.164. The molecule has 0 saturated carbocycles. The van der Waals surface area contributed by atoms with E-state index in [1.165, 1.54) is 0 Å². The summed E-state index contributed by atoms with van der Waals surface area (Å²) < 4.78 is 0. The Hall–Kier alpha value is -0.560. The van der Waals surface area contributed by atoms with Crippen molar-refractivity contribution in [3.05, 3.63) is 24.3 Å². The van der Waals surface area contributed by atoms with Crippen molar-refractivity contribution in [2.75, 3.05) is 13.1 Å². The Morgan fingerprint density at radius 1 is 1.25 bits per heavy atom. The van der Waals surface area contributed by atoms with Crippen LogP contribution in [0.25, 0.3) is 0 Å². The second-order valence-electron chi connectivity index (χ2n) is 3.52. The predicted octanol–water partition coefficient (Wildman–Crippen LogP) is 2.60. The molecule has 0 saturated heterocycles. The molecule has 1 atom stereocenters. The summed E-state index contributed by atoms with van der Waals surface area (Å²) in [5, 5.41) is 0. The van der Waals surface area contributed by atoms with Crippen LogP contribution in [0.2, 0.25) is 0 Å².